The standard InChI is InChI=1S/C36H38N4O6/c1-7-23-21(5)35(45)39-31(23)17-29-19(3)25(13-15-33(41)42)27(37-29)11-9-10-12-28-26(14-16-34(43)44)20(4)30(38-28)18-32-24(8-2)22(6)36(46)40-32/h17-18,37-38H,7-8,13-16H2,1-6H3,(H,39,45)(H,40,46)(H,41,42)(H,43,44)/b31-17-,32-18-. The fourth-order valence-corrected chi connectivity index (χ4v) is 5.79. The van der Waals surface area contributed by atoms with Gasteiger partial charge in [0.05, 0.1) is 11.4 Å². The third-order valence-electron chi connectivity index (χ3n) is 8.47. The van der Waals surface area contributed by atoms with E-state index in [1.54, 1.807) is 13.8 Å². The van der Waals surface area contributed by atoms with E-state index in [0.29, 0.717) is 46.8 Å². The van der Waals surface area contributed by atoms with Crippen LogP contribution >= 0.6 is 0 Å². The van der Waals surface area contributed by atoms with Crippen molar-refractivity contribution < 1.29 is 29.4 Å². The molecule has 0 saturated heterocycles. The first-order valence-corrected chi connectivity index (χ1v) is 15.2. The Labute approximate surface area is 268 Å². The topological polar surface area (TPSA) is 164 Å². The molecule has 0 fully saturated rings. The molecule has 2 aromatic heterocycles. The lowest BCUT2D eigenvalue weighted by Gasteiger charge is -2.03. The molecule has 2 amide bonds. The van der Waals surface area contributed by atoms with Crippen molar-refractivity contribution >= 4 is 35.9 Å². The molecule has 6 N–H and O–H groups in total. The Hall–Kier alpha value is -5.48. The quantitative estimate of drug-likeness (QED) is 0.209. The molecular weight excluding hydrogens is 584 g/mol. The monoisotopic (exact) mass is 622 g/mol. The Bertz CT molecular complexity index is 1760. The van der Waals surface area contributed by atoms with Crippen molar-refractivity contribution in [1.82, 2.24) is 20.6 Å². The Morgan fingerprint density at radius 1 is 0.674 bits per heavy atom. The van der Waals surface area contributed by atoms with E-state index in [-0.39, 0.29) is 37.5 Å². The zero-order valence-electron chi connectivity index (χ0n) is 26.9. The Balaban J connectivity index is 1.72. The number of carbonyl (C=O) groups excluding carboxylic acids is 2. The summed E-state index contributed by atoms with van der Waals surface area (Å²) in [6, 6.07) is 0. The number of allylic oxidation sites excluding steroid dienone is 2. The van der Waals surface area contributed by atoms with Crippen molar-refractivity contribution in [2.24, 2.45) is 0 Å². The first kappa shape index (κ1) is 33.4. The maximum atomic E-state index is 12.3. The number of carboxylic acids is 2. The van der Waals surface area contributed by atoms with Gasteiger partial charge in [0.25, 0.3) is 11.8 Å². The molecule has 10 heteroatoms. The minimum atomic E-state index is -0.926. The first-order chi connectivity index (χ1) is 21.9. The van der Waals surface area contributed by atoms with Crippen molar-refractivity contribution in [3.8, 4) is 23.7 Å². The summed E-state index contributed by atoms with van der Waals surface area (Å²) in [5.41, 5.74) is 10.3. The van der Waals surface area contributed by atoms with Gasteiger partial charge in [0.2, 0.25) is 0 Å². The van der Waals surface area contributed by atoms with E-state index in [0.717, 1.165) is 44.8 Å². The number of aliphatic carboxylic acids is 2. The number of carboxylic acid groups (broad SMARTS) is 2. The number of hydrogen-bond donors (Lipinski definition) is 6. The van der Waals surface area contributed by atoms with Gasteiger partial charge in [-0.3, -0.25) is 19.2 Å². The van der Waals surface area contributed by atoms with E-state index in [9.17, 15) is 29.4 Å². The molecule has 0 spiro atoms. The summed E-state index contributed by atoms with van der Waals surface area (Å²) >= 11 is 0. The van der Waals surface area contributed by atoms with Gasteiger partial charge in [0, 0.05) is 46.8 Å². The molecule has 10 nitrogen and oxygen atoms in total. The van der Waals surface area contributed by atoms with Gasteiger partial charge in [-0.15, -0.1) is 0 Å². The number of aromatic nitrogens is 2. The van der Waals surface area contributed by atoms with Crippen LogP contribution in [-0.2, 0) is 32.0 Å². The number of aromatic amines is 2. The van der Waals surface area contributed by atoms with E-state index in [2.05, 4.69) is 44.3 Å². The summed E-state index contributed by atoms with van der Waals surface area (Å²) < 4.78 is 0. The highest BCUT2D eigenvalue weighted by atomic mass is 16.4. The molecule has 0 radical (unpaired) electrons. The molecule has 4 rings (SSSR count). The van der Waals surface area contributed by atoms with Gasteiger partial charge in [0.15, 0.2) is 0 Å². The highest BCUT2D eigenvalue weighted by Crippen LogP contribution is 2.29. The van der Waals surface area contributed by atoms with Gasteiger partial charge in [-0.05, 0) is 123 Å². The van der Waals surface area contributed by atoms with Crippen LogP contribution in [0.1, 0.15) is 98.4 Å². The first-order valence-electron chi connectivity index (χ1n) is 15.2. The lowest BCUT2D eigenvalue weighted by atomic mass is 10.0. The van der Waals surface area contributed by atoms with E-state index in [1.165, 1.54) is 0 Å². The molecule has 238 valence electrons. The van der Waals surface area contributed by atoms with E-state index >= 15 is 0 Å². The Morgan fingerprint density at radius 3 is 1.37 bits per heavy atom. The second-order valence-corrected chi connectivity index (χ2v) is 11.3. The zero-order chi connectivity index (χ0) is 33.7. The van der Waals surface area contributed by atoms with Crippen LogP contribution in [-0.4, -0.2) is 43.9 Å². The largest absolute Gasteiger partial charge is 0.481 e. The van der Waals surface area contributed by atoms with Gasteiger partial charge < -0.3 is 30.8 Å². The second kappa shape index (κ2) is 14.1. The molecule has 0 aliphatic carbocycles. The molecule has 0 saturated carbocycles. The van der Waals surface area contributed by atoms with Crippen LogP contribution in [0.4, 0.5) is 0 Å². The summed E-state index contributed by atoms with van der Waals surface area (Å²) in [5.74, 6) is 9.67. The average molecular weight is 623 g/mol. The second-order valence-electron chi connectivity index (χ2n) is 11.3. The zero-order valence-corrected chi connectivity index (χ0v) is 26.9. The average Bonchev–Trinajstić information content (AvgIpc) is 3.65. The van der Waals surface area contributed by atoms with Crippen molar-refractivity contribution in [2.45, 2.75) is 80.1 Å². The Morgan fingerprint density at radius 2 is 1.04 bits per heavy atom. The number of H-pyrrole nitrogens is 2. The molecule has 2 aliphatic rings. The van der Waals surface area contributed by atoms with Crippen LogP contribution < -0.4 is 10.6 Å². The van der Waals surface area contributed by atoms with Gasteiger partial charge >= 0.3 is 11.9 Å². The lowest BCUT2D eigenvalue weighted by molar-refractivity contribution is -0.138. The molecule has 2 aliphatic heterocycles. The molecule has 0 aromatic carbocycles. The number of hydrogen-bond acceptors (Lipinski definition) is 4. The molecule has 0 unspecified atom stereocenters. The van der Waals surface area contributed by atoms with Crippen molar-refractivity contribution in [2.75, 3.05) is 0 Å². The van der Waals surface area contributed by atoms with Crippen LogP contribution in [0.15, 0.2) is 33.7 Å². The van der Waals surface area contributed by atoms with Crippen LogP contribution in [0.5, 0.6) is 0 Å². The highest BCUT2D eigenvalue weighted by Gasteiger charge is 2.24. The third-order valence-corrected chi connectivity index (χ3v) is 8.47. The summed E-state index contributed by atoms with van der Waals surface area (Å²) in [6.45, 7) is 11.3. The summed E-state index contributed by atoms with van der Waals surface area (Å²) in [7, 11) is 0. The van der Waals surface area contributed by atoms with Crippen LogP contribution in [0.2, 0.25) is 0 Å². The third kappa shape index (κ3) is 7.08. The van der Waals surface area contributed by atoms with Crippen molar-refractivity contribution in [3.05, 3.63) is 78.7 Å². The fraction of sp³-hybridized carbons (Fsp3) is 0.333. The van der Waals surface area contributed by atoms with Gasteiger partial charge in [-0.1, -0.05) is 13.8 Å². The van der Waals surface area contributed by atoms with Crippen LogP contribution in [0, 0.1) is 37.5 Å². The maximum absolute atomic E-state index is 12.3. The van der Waals surface area contributed by atoms with Crippen LogP contribution in [0.3, 0.4) is 0 Å². The van der Waals surface area contributed by atoms with E-state index in [1.807, 2.05) is 39.8 Å². The van der Waals surface area contributed by atoms with E-state index < -0.39 is 11.9 Å². The van der Waals surface area contributed by atoms with Gasteiger partial charge in [-0.2, -0.15) is 0 Å². The smallest absolute Gasteiger partial charge is 0.303 e. The summed E-state index contributed by atoms with van der Waals surface area (Å²) in [5, 5.41) is 24.5. The lowest BCUT2D eigenvalue weighted by Crippen LogP contribution is -2.15. The Kier molecular flexibility index (Phi) is 10.2. The predicted octanol–water partition coefficient (Wildman–Crippen LogP) is 4.79. The molecular formula is C36H38N4O6. The van der Waals surface area contributed by atoms with E-state index in [4.69, 9.17) is 0 Å². The summed E-state index contributed by atoms with van der Waals surface area (Å²) in [6.07, 6.45) is 5.43. The minimum absolute atomic E-state index is 0.0765. The molecule has 0 atom stereocenters. The SMILES string of the molecule is CCC1=C(C)C(=O)N/C1=C\c1[nH]c(C#CC#Cc2[nH]c(/C=C3\NC(=O)C(C)=C3CC)c(C)c2CCC(=O)O)c(CCC(=O)O)c1C. The fourth-order valence-electron chi connectivity index (χ4n) is 5.79. The van der Waals surface area contributed by atoms with Crippen LogP contribution in [0.25, 0.3) is 12.2 Å². The van der Waals surface area contributed by atoms with Crippen molar-refractivity contribution in [3.63, 3.8) is 0 Å². The molecule has 2 aromatic rings. The van der Waals surface area contributed by atoms with Crippen molar-refractivity contribution in [1.29, 1.82) is 0 Å². The normalized spacial score (nSPS) is 16.0. The molecule has 0 bridgehead atoms. The number of rotatable bonds is 10. The molecule has 4 heterocycles. The maximum Gasteiger partial charge on any atom is 0.303 e. The summed E-state index contributed by atoms with van der Waals surface area (Å²) in [4.78, 5) is 53.8. The van der Waals surface area contributed by atoms with Gasteiger partial charge in [-0.25, -0.2) is 0 Å². The number of nitrogens with one attached hydrogen (secondary N) is 4. The number of carbonyl (C=O) groups is 4. The highest BCUT2D eigenvalue weighted by molar-refractivity contribution is 6.01. The van der Waals surface area contributed by atoms with Gasteiger partial charge in [0.1, 0.15) is 0 Å². The molecule has 46 heavy (non-hydrogen) atoms. The predicted molar refractivity (Wildman–Crippen MR) is 175 cm³/mol. The minimum Gasteiger partial charge on any atom is -0.481 e. The number of amides is 2.